The maximum atomic E-state index is 12.8. The number of carboxylic acids is 1. The van der Waals surface area contributed by atoms with Crippen molar-refractivity contribution in [1.82, 2.24) is 4.90 Å². The standard InChI is InChI=1S/C14H17F3N2O3/c1-2-7-19(9-13(21)22)8-12(20)18-11-6-4-3-5-10(11)14(15,16)17/h3-6H,2,7-9H2,1H3,(H,18,20)(H,21,22). The van der Waals surface area contributed by atoms with Crippen LogP contribution in [-0.4, -0.2) is 41.5 Å². The number of amides is 1. The Balaban J connectivity index is 2.78. The van der Waals surface area contributed by atoms with Crippen LogP contribution in [0, 0.1) is 0 Å². The molecule has 2 N–H and O–H groups in total. The molecule has 0 saturated heterocycles. The van der Waals surface area contributed by atoms with Crippen molar-refractivity contribution in [3.8, 4) is 0 Å². The van der Waals surface area contributed by atoms with Gasteiger partial charge < -0.3 is 10.4 Å². The summed E-state index contributed by atoms with van der Waals surface area (Å²) in [4.78, 5) is 23.9. The molecular formula is C14H17F3N2O3. The predicted molar refractivity (Wildman–Crippen MR) is 74.4 cm³/mol. The van der Waals surface area contributed by atoms with Crippen molar-refractivity contribution in [2.24, 2.45) is 0 Å². The Bertz CT molecular complexity index is 532. The number of benzene rings is 1. The zero-order valence-electron chi connectivity index (χ0n) is 12.0. The normalized spacial score (nSPS) is 11.5. The van der Waals surface area contributed by atoms with E-state index in [9.17, 15) is 22.8 Å². The van der Waals surface area contributed by atoms with E-state index in [0.29, 0.717) is 13.0 Å². The summed E-state index contributed by atoms with van der Waals surface area (Å²) < 4.78 is 38.4. The molecule has 0 bridgehead atoms. The fourth-order valence-electron chi connectivity index (χ4n) is 1.95. The Hall–Kier alpha value is -2.09. The van der Waals surface area contributed by atoms with Gasteiger partial charge in [-0.1, -0.05) is 19.1 Å². The first-order chi connectivity index (χ1) is 10.2. The lowest BCUT2D eigenvalue weighted by Gasteiger charge is -2.19. The first-order valence-corrected chi connectivity index (χ1v) is 6.64. The van der Waals surface area contributed by atoms with Gasteiger partial charge in [0, 0.05) is 0 Å². The largest absolute Gasteiger partial charge is 0.480 e. The highest BCUT2D eigenvalue weighted by molar-refractivity contribution is 5.93. The van der Waals surface area contributed by atoms with E-state index in [0.717, 1.165) is 12.1 Å². The van der Waals surface area contributed by atoms with Crippen LogP contribution in [0.3, 0.4) is 0 Å². The third kappa shape index (κ3) is 5.72. The van der Waals surface area contributed by atoms with E-state index < -0.39 is 23.6 Å². The third-order valence-electron chi connectivity index (χ3n) is 2.77. The number of alkyl halides is 3. The van der Waals surface area contributed by atoms with Crippen LogP contribution in [-0.2, 0) is 15.8 Å². The molecule has 122 valence electrons. The van der Waals surface area contributed by atoms with Crippen LogP contribution < -0.4 is 5.32 Å². The summed E-state index contributed by atoms with van der Waals surface area (Å²) in [7, 11) is 0. The summed E-state index contributed by atoms with van der Waals surface area (Å²) in [5.41, 5.74) is -1.28. The lowest BCUT2D eigenvalue weighted by molar-refractivity contribution is -0.138. The smallest absolute Gasteiger partial charge is 0.418 e. The molecule has 5 nitrogen and oxygen atoms in total. The molecule has 0 aromatic heterocycles. The number of carbonyl (C=O) groups excluding carboxylic acids is 1. The Morgan fingerprint density at radius 2 is 1.86 bits per heavy atom. The summed E-state index contributed by atoms with van der Waals surface area (Å²) in [6, 6.07) is 4.64. The van der Waals surface area contributed by atoms with E-state index in [-0.39, 0.29) is 18.8 Å². The van der Waals surface area contributed by atoms with Gasteiger partial charge in [-0.2, -0.15) is 13.2 Å². The Morgan fingerprint density at radius 1 is 1.23 bits per heavy atom. The van der Waals surface area contributed by atoms with Gasteiger partial charge in [-0.3, -0.25) is 14.5 Å². The van der Waals surface area contributed by atoms with Gasteiger partial charge in [-0.25, -0.2) is 0 Å². The van der Waals surface area contributed by atoms with Crippen LogP contribution in [0.1, 0.15) is 18.9 Å². The molecule has 0 saturated carbocycles. The molecule has 0 unspecified atom stereocenters. The van der Waals surface area contributed by atoms with Crippen molar-refractivity contribution in [3.05, 3.63) is 29.8 Å². The van der Waals surface area contributed by atoms with Crippen LogP contribution in [0.4, 0.5) is 18.9 Å². The summed E-state index contributed by atoms with van der Waals surface area (Å²) in [5, 5.41) is 10.9. The van der Waals surface area contributed by atoms with Crippen molar-refractivity contribution in [2.45, 2.75) is 19.5 Å². The lowest BCUT2D eigenvalue weighted by Crippen LogP contribution is -2.37. The molecule has 8 heteroatoms. The SMILES string of the molecule is CCCN(CC(=O)O)CC(=O)Nc1ccccc1C(F)(F)F. The Kier molecular flexibility index (Phi) is 6.36. The van der Waals surface area contributed by atoms with Crippen molar-refractivity contribution >= 4 is 17.6 Å². The van der Waals surface area contributed by atoms with E-state index in [2.05, 4.69) is 5.32 Å². The van der Waals surface area contributed by atoms with Gasteiger partial charge in [0.15, 0.2) is 0 Å². The lowest BCUT2D eigenvalue weighted by atomic mass is 10.1. The van der Waals surface area contributed by atoms with Gasteiger partial charge in [-0.05, 0) is 25.1 Å². The zero-order chi connectivity index (χ0) is 16.8. The molecule has 0 radical (unpaired) electrons. The van der Waals surface area contributed by atoms with Crippen molar-refractivity contribution in [2.75, 3.05) is 25.0 Å². The highest BCUT2D eigenvalue weighted by Crippen LogP contribution is 2.34. The van der Waals surface area contributed by atoms with Gasteiger partial charge in [0.25, 0.3) is 0 Å². The molecule has 0 heterocycles. The number of para-hydroxylation sites is 1. The van der Waals surface area contributed by atoms with E-state index in [1.54, 1.807) is 0 Å². The average Bonchev–Trinajstić information content (AvgIpc) is 2.37. The highest BCUT2D eigenvalue weighted by atomic mass is 19.4. The number of nitrogens with zero attached hydrogens (tertiary/aromatic N) is 1. The third-order valence-corrected chi connectivity index (χ3v) is 2.77. The van der Waals surface area contributed by atoms with E-state index >= 15 is 0 Å². The summed E-state index contributed by atoms with van der Waals surface area (Å²) in [5.74, 6) is -1.79. The number of hydrogen-bond donors (Lipinski definition) is 2. The number of anilines is 1. The van der Waals surface area contributed by atoms with Gasteiger partial charge in [0.2, 0.25) is 5.91 Å². The summed E-state index contributed by atoms with van der Waals surface area (Å²) in [6.45, 7) is 1.54. The molecular weight excluding hydrogens is 301 g/mol. The van der Waals surface area contributed by atoms with Gasteiger partial charge in [0.05, 0.1) is 24.3 Å². The average molecular weight is 318 g/mol. The minimum absolute atomic E-state index is 0.285. The molecule has 1 aromatic carbocycles. The highest BCUT2D eigenvalue weighted by Gasteiger charge is 2.33. The summed E-state index contributed by atoms with van der Waals surface area (Å²) >= 11 is 0. The molecule has 0 aliphatic rings. The second-order valence-electron chi connectivity index (χ2n) is 4.70. The molecule has 0 fully saturated rings. The summed E-state index contributed by atoms with van der Waals surface area (Å²) in [6.07, 6.45) is -3.95. The zero-order valence-corrected chi connectivity index (χ0v) is 12.0. The van der Waals surface area contributed by atoms with Crippen LogP contribution in [0.25, 0.3) is 0 Å². The first kappa shape index (κ1) is 18.0. The number of carboxylic acid groups (broad SMARTS) is 1. The Morgan fingerprint density at radius 3 is 2.41 bits per heavy atom. The van der Waals surface area contributed by atoms with Gasteiger partial charge in [-0.15, -0.1) is 0 Å². The van der Waals surface area contributed by atoms with Gasteiger partial charge >= 0.3 is 12.1 Å². The maximum Gasteiger partial charge on any atom is 0.418 e. The number of aliphatic carboxylic acids is 1. The monoisotopic (exact) mass is 318 g/mol. The maximum absolute atomic E-state index is 12.8. The van der Waals surface area contributed by atoms with Crippen LogP contribution in [0.5, 0.6) is 0 Å². The van der Waals surface area contributed by atoms with E-state index in [1.165, 1.54) is 17.0 Å². The molecule has 0 aliphatic carbocycles. The van der Waals surface area contributed by atoms with E-state index in [4.69, 9.17) is 5.11 Å². The molecule has 1 rings (SSSR count). The number of hydrogen-bond acceptors (Lipinski definition) is 3. The van der Waals surface area contributed by atoms with E-state index in [1.807, 2.05) is 6.92 Å². The number of carbonyl (C=O) groups is 2. The second kappa shape index (κ2) is 7.79. The predicted octanol–water partition coefficient (Wildman–Crippen LogP) is 2.44. The topological polar surface area (TPSA) is 69.6 Å². The Labute approximate surface area is 125 Å². The molecule has 0 aliphatic heterocycles. The van der Waals surface area contributed by atoms with Crippen LogP contribution >= 0.6 is 0 Å². The van der Waals surface area contributed by atoms with Crippen LogP contribution in [0.15, 0.2) is 24.3 Å². The number of nitrogens with one attached hydrogen (secondary N) is 1. The van der Waals surface area contributed by atoms with Crippen molar-refractivity contribution in [1.29, 1.82) is 0 Å². The second-order valence-corrected chi connectivity index (χ2v) is 4.70. The quantitative estimate of drug-likeness (QED) is 0.810. The molecule has 0 atom stereocenters. The molecule has 0 spiro atoms. The van der Waals surface area contributed by atoms with Gasteiger partial charge in [0.1, 0.15) is 0 Å². The fourth-order valence-corrected chi connectivity index (χ4v) is 1.95. The minimum atomic E-state index is -4.58. The molecule has 22 heavy (non-hydrogen) atoms. The number of halogens is 3. The molecule has 1 aromatic rings. The number of rotatable bonds is 7. The fraction of sp³-hybridized carbons (Fsp3) is 0.429. The van der Waals surface area contributed by atoms with Crippen molar-refractivity contribution in [3.63, 3.8) is 0 Å². The molecule has 1 amide bonds. The first-order valence-electron chi connectivity index (χ1n) is 6.64. The van der Waals surface area contributed by atoms with Crippen LogP contribution in [0.2, 0.25) is 0 Å². The van der Waals surface area contributed by atoms with Crippen molar-refractivity contribution < 1.29 is 27.9 Å². The minimum Gasteiger partial charge on any atom is -0.480 e.